The summed E-state index contributed by atoms with van der Waals surface area (Å²) in [6.07, 6.45) is 4.82. The van der Waals surface area contributed by atoms with Gasteiger partial charge in [-0.1, -0.05) is 6.07 Å². The summed E-state index contributed by atoms with van der Waals surface area (Å²) in [5.74, 6) is -1.24. The van der Waals surface area contributed by atoms with Crippen molar-refractivity contribution in [1.29, 1.82) is 0 Å². The van der Waals surface area contributed by atoms with Crippen molar-refractivity contribution >= 4 is 87.5 Å². The molecule has 0 saturated carbocycles. The smallest absolute Gasteiger partial charge is 0.294 e. The normalized spacial score (nSPS) is 13.2. The van der Waals surface area contributed by atoms with Crippen molar-refractivity contribution in [3.63, 3.8) is 0 Å². The first-order valence-electron chi connectivity index (χ1n) is 17.6. The quantitative estimate of drug-likeness (QED) is 0.0641. The summed E-state index contributed by atoms with van der Waals surface area (Å²) in [6, 6.07) is 11.5. The number of carbonyl (C=O) groups excluding carboxylic acids is 5. The highest BCUT2D eigenvalue weighted by Crippen LogP contribution is 2.40. The van der Waals surface area contributed by atoms with Gasteiger partial charge in [0, 0.05) is 81.4 Å². The van der Waals surface area contributed by atoms with Gasteiger partial charge in [0.2, 0.25) is 23.5 Å². The molecule has 1 aliphatic heterocycles. The minimum absolute atomic E-state index is 0. The van der Waals surface area contributed by atoms with E-state index in [0.717, 1.165) is 18.4 Å². The number of rotatable bonds is 15. The van der Waals surface area contributed by atoms with Gasteiger partial charge in [-0.2, -0.15) is 0 Å². The van der Waals surface area contributed by atoms with Crippen molar-refractivity contribution in [2.45, 2.75) is 38.0 Å². The predicted molar refractivity (Wildman–Crippen MR) is 213 cm³/mol. The Bertz CT molecular complexity index is 2270. The van der Waals surface area contributed by atoms with Crippen molar-refractivity contribution in [2.75, 3.05) is 46.4 Å². The van der Waals surface area contributed by atoms with Crippen LogP contribution in [0.2, 0.25) is 0 Å². The Morgan fingerprint density at radius 3 is 2.25 bits per heavy atom. The highest BCUT2D eigenvalue weighted by atomic mass is 35.5. The molecule has 5 aromatic rings. The van der Waals surface area contributed by atoms with E-state index in [-0.39, 0.29) is 90.1 Å². The second-order valence-corrected chi connectivity index (χ2v) is 13.5. The number of phenols is 1. The van der Waals surface area contributed by atoms with Crippen LogP contribution >= 0.6 is 24.0 Å². The van der Waals surface area contributed by atoms with E-state index in [0.29, 0.717) is 47.9 Å². The number of benzene rings is 2. The van der Waals surface area contributed by atoms with Crippen LogP contribution < -0.4 is 31.9 Å². The first kappa shape index (κ1) is 41.3. The Labute approximate surface area is 332 Å². The number of carbonyl (C=O) groups is 5. The first-order valence-corrected chi connectivity index (χ1v) is 18.2. The lowest BCUT2D eigenvalue weighted by atomic mass is 10.0. The highest BCUT2D eigenvalue weighted by Gasteiger charge is 2.34. The zero-order valence-corrected chi connectivity index (χ0v) is 32.2. The molecule has 0 saturated heterocycles. The number of aryl methyl sites for hydroxylation is 2. The van der Waals surface area contributed by atoms with Gasteiger partial charge in [0.25, 0.3) is 17.7 Å². The van der Waals surface area contributed by atoms with Crippen molar-refractivity contribution in [2.24, 2.45) is 19.8 Å². The monoisotopic (exact) mass is 808 g/mol. The molecule has 0 spiro atoms. The number of nitrogens with zero attached hydrogens (tertiary/aromatic N) is 5. The van der Waals surface area contributed by atoms with E-state index in [9.17, 15) is 29.1 Å². The third kappa shape index (κ3) is 9.47. The number of imidazole rings is 2. The number of phenolic OH excluding ortho intramolecular Hbond substituents is 1. The summed E-state index contributed by atoms with van der Waals surface area (Å²) < 4.78 is 8.78. The largest absolute Gasteiger partial charge is 0.508 e. The molecule has 0 radical (unpaired) electrons. The molecule has 0 aliphatic carbocycles. The van der Waals surface area contributed by atoms with E-state index in [4.69, 9.17) is 21.8 Å². The predicted octanol–water partition coefficient (Wildman–Crippen LogP) is 4.48. The maximum atomic E-state index is 13.5. The van der Waals surface area contributed by atoms with Crippen LogP contribution in [-0.2, 0) is 23.7 Å². The molecule has 7 N–H and O–H groups in total. The molecule has 4 heterocycles. The summed E-state index contributed by atoms with van der Waals surface area (Å²) >= 11 is 6.15. The van der Waals surface area contributed by atoms with E-state index in [1.807, 2.05) is 0 Å². The molecular formula is C37H42Cl2N10O7. The molecule has 19 heteroatoms. The molecule has 0 bridgehead atoms. The van der Waals surface area contributed by atoms with E-state index in [1.54, 1.807) is 50.5 Å². The third-order valence-corrected chi connectivity index (χ3v) is 9.35. The number of furan rings is 1. The van der Waals surface area contributed by atoms with Gasteiger partial charge in [0.05, 0.1) is 5.69 Å². The molecule has 3 aromatic heterocycles. The lowest BCUT2D eigenvalue weighted by Gasteiger charge is -2.16. The van der Waals surface area contributed by atoms with Gasteiger partial charge in [0.1, 0.15) is 11.3 Å². The molecule has 2 aromatic carbocycles. The van der Waals surface area contributed by atoms with Crippen LogP contribution in [0.25, 0.3) is 11.0 Å². The Morgan fingerprint density at radius 2 is 1.55 bits per heavy atom. The summed E-state index contributed by atoms with van der Waals surface area (Å²) in [4.78, 5) is 74.2. The number of amides is 5. The number of anilines is 4. The zero-order chi connectivity index (χ0) is 39.2. The molecular weight excluding hydrogens is 767 g/mol. The topological polar surface area (TPSA) is 232 Å². The number of halogens is 2. The van der Waals surface area contributed by atoms with Crippen LogP contribution in [0.5, 0.6) is 5.75 Å². The fourth-order valence-electron chi connectivity index (χ4n) is 6.25. The van der Waals surface area contributed by atoms with Gasteiger partial charge in [-0.3, -0.25) is 24.0 Å². The van der Waals surface area contributed by atoms with E-state index in [2.05, 4.69) is 31.2 Å². The van der Waals surface area contributed by atoms with Gasteiger partial charge in [0.15, 0.2) is 17.4 Å². The Kier molecular flexibility index (Phi) is 13.4. The number of nitrogens with one attached hydrogen (secondary N) is 4. The second-order valence-electron chi connectivity index (χ2n) is 13.2. The SMILES string of the molecule is Cl.Cn1cc(NC(=O)c2nc(NC(=O)CCCC(=O)Nc3ccc4oc(C(=O)N5CC(CCl)c6ccc(O)cc65)cc4c3)cn2C)nc1C(=O)NCCCCN. The van der Waals surface area contributed by atoms with E-state index in [1.165, 1.54) is 32.5 Å². The standard InChI is InChI=1S/C37H41ClN10O7.ClH/c1-46-20-30(44-33(46)35(52)40-13-4-3-12-39)45-36(53)34-43-29(19-47(34)2)42-32(51)7-5-6-31(50)41-23-8-11-27-21(14-23)15-28(55-27)37(54)48-18-22(17-38)25-10-9-24(49)16-26(25)48;/h8-11,14-16,19-20,22,49H,3-7,12-13,17-18,39H2,1-2H3,(H,40,52)(H,41,50)(H,42,51)(H,45,53);1H. The molecule has 0 fully saturated rings. The Balaban J connectivity index is 0.00000600. The summed E-state index contributed by atoms with van der Waals surface area (Å²) in [7, 11) is 3.23. The molecule has 296 valence electrons. The number of fused-ring (bicyclic) bond motifs is 2. The maximum Gasteiger partial charge on any atom is 0.294 e. The first-order chi connectivity index (χ1) is 26.4. The van der Waals surface area contributed by atoms with E-state index < -0.39 is 11.8 Å². The van der Waals surface area contributed by atoms with Crippen LogP contribution in [0.4, 0.5) is 23.0 Å². The average molecular weight is 810 g/mol. The number of hydrogen-bond acceptors (Lipinski definition) is 10. The van der Waals surface area contributed by atoms with Gasteiger partial charge in [-0.05, 0) is 61.7 Å². The lowest BCUT2D eigenvalue weighted by Crippen LogP contribution is -2.29. The minimum atomic E-state index is -0.594. The number of unbranched alkanes of at least 4 members (excludes halogenated alkanes) is 1. The third-order valence-electron chi connectivity index (χ3n) is 8.98. The summed E-state index contributed by atoms with van der Waals surface area (Å²) in [6.45, 7) is 1.34. The van der Waals surface area contributed by atoms with Crippen LogP contribution in [0.3, 0.4) is 0 Å². The molecule has 56 heavy (non-hydrogen) atoms. The Hall–Kier alpha value is -5.91. The number of aromatic hydroxyl groups is 1. The number of hydrogen-bond donors (Lipinski definition) is 6. The van der Waals surface area contributed by atoms with Crippen molar-refractivity contribution in [3.8, 4) is 5.75 Å². The molecule has 5 amide bonds. The molecule has 1 unspecified atom stereocenters. The van der Waals surface area contributed by atoms with Crippen LogP contribution in [0.1, 0.15) is 75.4 Å². The molecule has 6 rings (SSSR count). The van der Waals surface area contributed by atoms with Crippen molar-refractivity contribution < 1.29 is 33.5 Å². The fraction of sp³-hybridized carbons (Fsp3) is 0.324. The number of alkyl halides is 1. The number of aromatic nitrogens is 4. The Morgan fingerprint density at radius 1 is 0.875 bits per heavy atom. The average Bonchev–Trinajstić information content (AvgIpc) is 3.93. The van der Waals surface area contributed by atoms with E-state index >= 15 is 0 Å². The highest BCUT2D eigenvalue weighted by molar-refractivity contribution is 6.19. The van der Waals surface area contributed by atoms with Crippen LogP contribution in [0, 0.1) is 0 Å². The maximum absolute atomic E-state index is 13.5. The number of nitrogens with two attached hydrogens (primary N) is 1. The van der Waals surface area contributed by atoms with Gasteiger partial charge >= 0.3 is 0 Å². The van der Waals surface area contributed by atoms with Crippen molar-refractivity contribution in [1.82, 2.24) is 24.4 Å². The molecule has 1 aliphatic rings. The lowest BCUT2D eigenvalue weighted by molar-refractivity contribution is -0.117. The molecule has 1 atom stereocenters. The van der Waals surface area contributed by atoms with Gasteiger partial charge in [-0.25, -0.2) is 9.97 Å². The van der Waals surface area contributed by atoms with Gasteiger partial charge < -0.3 is 50.6 Å². The molecule has 17 nitrogen and oxygen atoms in total. The van der Waals surface area contributed by atoms with Gasteiger partial charge in [-0.15, -0.1) is 24.0 Å². The zero-order valence-electron chi connectivity index (χ0n) is 30.6. The fourth-order valence-corrected chi connectivity index (χ4v) is 6.51. The summed E-state index contributed by atoms with van der Waals surface area (Å²) in [5, 5.41) is 21.5. The second kappa shape index (κ2) is 18.1. The van der Waals surface area contributed by atoms with Crippen molar-refractivity contribution in [3.05, 3.63) is 77.8 Å². The minimum Gasteiger partial charge on any atom is -0.508 e. The van der Waals surface area contributed by atoms with Crippen LogP contribution in [0.15, 0.2) is 59.3 Å². The van der Waals surface area contributed by atoms with Crippen LogP contribution in [-0.4, -0.2) is 79.3 Å². The summed E-state index contributed by atoms with van der Waals surface area (Å²) in [5.41, 5.74) is 7.89.